The first-order valence-corrected chi connectivity index (χ1v) is 9.96. The summed E-state index contributed by atoms with van der Waals surface area (Å²) in [7, 11) is -2.90. The summed E-state index contributed by atoms with van der Waals surface area (Å²) in [5.74, 6) is 1.93. The Morgan fingerprint density at radius 3 is 2.71 bits per heavy atom. The van der Waals surface area contributed by atoms with Gasteiger partial charge in [-0.05, 0) is 18.9 Å². The molecular weight excluding hydrogens is 324 g/mol. The van der Waals surface area contributed by atoms with Crippen LogP contribution in [-0.2, 0) is 16.4 Å². The molecule has 1 aliphatic heterocycles. The van der Waals surface area contributed by atoms with Crippen molar-refractivity contribution >= 4 is 21.5 Å². The molecule has 0 saturated carbocycles. The molecule has 3 rings (SSSR count). The van der Waals surface area contributed by atoms with E-state index < -0.39 is 9.84 Å². The van der Waals surface area contributed by atoms with Crippen molar-refractivity contribution in [2.24, 2.45) is 0 Å². The monoisotopic (exact) mass is 346 g/mol. The lowest BCUT2D eigenvalue weighted by Gasteiger charge is -2.22. The third kappa shape index (κ3) is 4.23. The molecule has 0 aliphatic carbocycles. The SMILES string of the molecule is CCN(Cc1ccccc1)c1cc(NC2CCS(=O)(=O)C2)ncn1. The van der Waals surface area contributed by atoms with E-state index in [1.54, 1.807) is 0 Å². The summed E-state index contributed by atoms with van der Waals surface area (Å²) in [6, 6.07) is 12.0. The second kappa shape index (κ2) is 7.17. The fourth-order valence-corrected chi connectivity index (χ4v) is 4.55. The van der Waals surface area contributed by atoms with Crippen LogP contribution >= 0.6 is 0 Å². The van der Waals surface area contributed by atoms with E-state index in [0.29, 0.717) is 12.2 Å². The Hall–Kier alpha value is -2.15. The highest BCUT2D eigenvalue weighted by Crippen LogP contribution is 2.20. The molecule has 1 aromatic heterocycles. The van der Waals surface area contributed by atoms with Crippen molar-refractivity contribution in [1.29, 1.82) is 0 Å². The molecule has 7 heteroatoms. The molecular formula is C17H22N4O2S. The second-order valence-electron chi connectivity index (χ2n) is 6.01. The lowest BCUT2D eigenvalue weighted by Crippen LogP contribution is -2.24. The molecule has 0 amide bonds. The number of rotatable bonds is 6. The van der Waals surface area contributed by atoms with Crippen LogP contribution in [0.2, 0.25) is 0 Å². The number of nitrogens with zero attached hydrogens (tertiary/aromatic N) is 3. The molecule has 1 fully saturated rings. The average Bonchev–Trinajstić information content (AvgIpc) is 2.92. The zero-order valence-electron chi connectivity index (χ0n) is 13.7. The maximum absolute atomic E-state index is 11.6. The van der Waals surface area contributed by atoms with E-state index in [-0.39, 0.29) is 17.5 Å². The Balaban J connectivity index is 1.71. The lowest BCUT2D eigenvalue weighted by atomic mass is 10.2. The van der Waals surface area contributed by atoms with Gasteiger partial charge in [-0.3, -0.25) is 0 Å². The van der Waals surface area contributed by atoms with Gasteiger partial charge in [0, 0.05) is 25.2 Å². The number of benzene rings is 1. The van der Waals surface area contributed by atoms with Crippen LogP contribution in [0.5, 0.6) is 0 Å². The summed E-state index contributed by atoms with van der Waals surface area (Å²) in [6.45, 7) is 3.68. The molecule has 0 radical (unpaired) electrons. The van der Waals surface area contributed by atoms with Crippen molar-refractivity contribution in [1.82, 2.24) is 9.97 Å². The number of sulfone groups is 1. The van der Waals surface area contributed by atoms with Crippen LogP contribution in [0.25, 0.3) is 0 Å². The minimum Gasteiger partial charge on any atom is -0.366 e. The summed E-state index contributed by atoms with van der Waals surface area (Å²) in [5.41, 5.74) is 1.22. The van der Waals surface area contributed by atoms with Gasteiger partial charge in [0.1, 0.15) is 18.0 Å². The predicted octanol–water partition coefficient (Wildman–Crippen LogP) is 2.10. The van der Waals surface area contributed by atoms with Gasteiger partial charge in [0.2, 0.25) is 0 Å². The Labute approximate surface area is 142 Å². The molecule has 1 aromatic carbocycles. The van der Waals surface area contributed by atoms with Crippen LogP contribution in [0, 0.1) is 0 Å². The molecule has 1 saturated heterocycles. The van der Waals surface area contributed by atoms with Gasteiger partial charge in [-0.15, -0.1) is 0 Å². The molecule has 128 valence electrons. The topological polar surface area (TPSA) is 75.2 Å². The molecule has 1 unspecified atom stereocenters. The first-order chi connectivity index (χ1) is 11.6. The van der Waals surface area contributed by atoms with Crippen LogP contribution in [0.1, 0.15) is 18.9 Å². The van der Waals surface area contributed by atoms with Gasteiger partial charge in [0.15, 0.2) is 9.84 Å². The van der Waals surface area contributed by atoms with Crippen molar-refractivity contribution in [3.05, 3.63) is 48.3 Å². The number of nitrogens with one attached hydrogen (secondary N) is 1. The Morgan fingerprint density at radius 2 is 2.04 bits per heavy atom. The summed E-state index contributed by atoms with van der Waals surface area (Å²) >= 11 is 0. The van der Waals surface area contributed by atoms with Crippen molar-refractivity contribution in [2.75, 3.05) is 28.3 Å². The standard InChI is InChI=1S/C17H22N4O2S/c1-2-21(11-14-6-4-3-5-7-14)17-10-16(18-13-19-17)20-15-8-9-24(22,23)12-15/h3-7,10,13,15H,2,8-9,11-12H2,1H3,(H,18,19,20). The largest absolute Gasteiger partial charge is 0.366 e. The Morgan fingerprint density at radius 1 is 1.25 bits per heavy atom. The van der Waals surface area contributed by atoms with Gasteiger partial charge in [-0.25, -0.2) is 18.4 Å². The van der Waals surface area contributed by atoms with Crippen molar-refractivity contribution in [2.45, 2.75) is 25.9 Å². The van der Waals surface area contributed by atoms with Gasteiger partial charge in [0.05, 0.1) is 11.5 Å². The van der Waals surface area contributed by atoms with Gasteiger partial charge in [-0.2, -0.15) is 0 Å². The van der Waals surface area contributed by atoms with Crippen molar-refractivity contribution < 1.29 is 8.42 Å². The molecule has 2 aromatic rings. The van der Waals surface area contributed by atoms with Gasteiger partial charge < -0.3 is 10.2 Å². The number of aromatic nitrogens is 2. The van der Waals surface area contributed by atoms with Gasteiger partial charge in [0.25, 0.3) is 0 Å². The first-order valence-electron chi connectivity index (χ1n) is 8.13. The summed E-state index contributed by atoms with van der Waals surface area (Å²) in [5, 5.41) is 3.22. The number of hydrogen-bond acceptors (Lipinski definition) is 6. The highest BCUT2D eigenvalue weighted by atomic mass is 32.2. The highest BCUT2D eigenvalue weighted by molar-refractivity contribution is 7.91. The zero-order valence-corrected chi connectivity index (χ0v) is 14.5. The van der Waals surface area contributed by atoms with Crippen LogP contribution in [0.3, 0.4) is 0 Å². The molecule has 0 spiro atoms. The van der Waals surface area contributed by atoms with E-state index >= 15 is 0 Å². The summed E-state index contributed by atoms with van der Waals surface area (Å²) < 4.78 is 23.1. The predicted molar refractivity (Wildman–Crippen MR) is 95.9 cm³/mol. The van der Waals surface area contributed by atoms with E-state index in [4.69, 9.17) is 0 Å². The van der Waals surface area contributed by atoms with E-state index in [0.717, 1.165) is 18.9 Å². The van der Waals surface area contributed by atoms with E-state index in [2.05, 4.69) is 39.2 Å². The van der Waals surface area contributed by atoms with Crippen molar-refractivity contribution in [3.8, 4) is 0 Å². The van der Waals surface area contributed by atoms with Crippen LogP contribution in [0.4, 0.5) is 11.6 Å². The molecule has 6 nitrogen and oxygen atoms in total. The van der Waals surface area contributed by atoms with Gasteiger partial charge >= 0.3 is 0 Å². The zero-order chi connectivity index (χ0) is 17.0. The molecule has 1 atom stereocenters. The third-order valence-corrected chi connectivity index (χ3v) is 5.93. The van der Waals surface area contributed by atoms with Crippen LogP contribution in [0.15, 0.2) is 42.7 Å². The average molecular weight is 346 g/mol. The Bertz CT molecular complexity index is 780. The van der Waals surface area contributed by atoms with Crippen LogP contribution < -0.4 is 10.2 Å². The quantitative estimate of drug-likeness (QED) is 0.863. The van der Waals surface area contributed by atoms with Crippen molar-refractivity contribution in [3.63, 3.8) is 0 Å². The first kappa shape index (κ1) is 16.7. The molecule has 0 bridgehead atoms. The maximum Gasteiger partial charge on any atom is 0.152 e. The van der Waals surface area contributed by atoms with Crippen LogP contribution in [-0.4, -0.2) is 42.5 Å². The molecule has 1 N–H and O–H groups in total. The lowest BCUT2D eigenvalue weighted by molar-refractivity contribution is 0.602. The maximum atomic E-state index is 11.6. The smallest absolute Gasteiger partial charge is 0.152 e. The van der Waals surface area contributed by atoms with Gasteiger partial charge in [-0.1, -0.05) is 30.3 Å². The Kier molecular flexibility index (Phi) is 4.99. The highest BCUT2D eigenvalue weighted by Gasteiger charge is 2.28. The van der Waals surface area contributed by atoms with E-state index in [1.165, 1.54) is 11.9 Å². The fraction of sp³-hybridized carbons (Fsp3) is 0.412. The summed E-state index contributed by atoms with van der Waals surface area (Å²) in [4.78, 5) is 10.8. The normalized spacial score (nSPS) is 19.1. The fourth-order valence-electron chi connectivity index (χ4n) is 2.88. The minimum absolute atomic E-state index is 0.0676. The molecule has 24 heavy (non-hydrogen) atoms. The molecule has 1 aliphatic rings. The number of anilines is 2. The van der Waals surface area contributed by atoms with E-state index in [1.807, 2.05) is 24.3 Å². The van der Waals surface area contributed by atoms with E-state index in [9.17, 15) is 8.42 Å². The third-order valence-electron chi connectivity index (χ3n) is 4.16. The second-order valence-corrected chi connectivity index (χ2v) is 8.23. The summed E-state index contributed by atoms with van der Waals surface area (Å²) in [6.07, 6.45) is 2.15. The minimum atomic E-state index is -2.90. The molecule has 2 heterocycles. The number of hydrogen-bond donors (Lipinski definition) is 1.